The summed E-state index contributed by atoms with van der Waals surface area (Å²) in [5, 5.41) is 3.17. The average Bonchev–Trinajstić information content (AvgIpc) is 2.71. The Morgan fingerprint density at radius 3 is 2.25 bits per heavy atom. The first kappa shape index (κ1) is 25.7. The second-order valence-corrected chi connectivity index (χ2v) is 10.3. The molecule has 0 saturated heterocycles. The van der Waals surface area contributed by atoms with Gasteiger partial charge >= 0.3 is 0 Å². The SMILES string of the molecule is CC(C)NC(=O)C(C)N(CCc1ccccc1)C(=O)CN(c1cccc(Cl)c1)S(C)(=O)=O. The van der Waals surface area contributed by atoms with Crippen LogP contribution < -0.4 is 9.62 Å². The molecule has 0 fully saturated rings. The van der Waals surface area contributed by atoms with Crippen molar-refractivity contribution >= 4 is 39.1 Å². The van der Waals surface area contributed by atoms with Gasteiger partial charge in [-0.15, -0.1) is 0 Å². The second-order valence-electron chi connectivity index (χ2n) is 7.91. The zero-order valence-electron chi connectivity index (χ0n) is 18.8. The molecule has 32 heavy (non-hydrogen) atoms. The summed E-state index contributed by atoms with van der Waals surface area (Å²) in [6.45, 7) is 5.15. The fraction of sp³-hybridized carbons (Fsp3) is 0.391. The number of halogens is 1. The molecular weight excluding hydrogens is 450 g/mol. The van der Waals surface area contributed by atoms with E-state index in [0.717, 1.165) is 16.1 Å². The molecule has 7 nitrogen and oxygen atoms in total. The maximum Gasteiger partial charge on any atom is 0.244 e. The van der Waals surface area contributed by atoms with Crippen LogP contribution in [0.15, 0.2) is 54.6 Å². The van der Waals surface area contributed by atoms with Gasteiger partial charge in [-0.05, 0) is 51.0 Å². The number of carbonyl (C=O) groups excluding carboxylic acids is 2. The van der Waals surface area contributed by atoms with Crippen LogP contribution in [0.2, 0.25) is 5.02 Å². The Balaban J connectivity index is 2.30. The zero-order chi connectivity index (χ0) is 23.9. The molecule has 0 bridgehead atoms. The molecule has 9 heteroatoms. The number of benzene rings is 2. The molecule has 0 aromatic heterocycles. The van der Waals surface area contributed by atoms with Crippen molar-refractivity contribution in [1.29, 1.82) is 0 Å². The van der Waals surface area contributed by atoms with Gasteiger partial charge in [-0.2, -0.15) is 0 Å². The molecule has 2 aromatic carbocycles. The van der Waals surface area contributed by atoms with Crippen molar-refractivity contribution in [3.63, 3.8) is 0 Å². The van der Waals surface area contributed by atoms with Crippen molar-refractivity contribution in [2.75, 3.05) is 23.7 Å². The predicted molar refractivity (Wildman–Crippen MR) is 128 cm³/mol. The molecule has 1 atom stereocenters. The van der Waals surface area contributed by atoms with Gasteiger partial charge in [-0.3, -0.25) is 13.9 Å². The number of nitrogens with zero attached hydrogens (tertiary/aromatic N) is 2. The third kappa shape index (κ3) is 7.53. The zero-order valence-corrected chi connectivity index (χ0v) is 20.4. The Labute approximate surface area is 195 Å². The minimum Gasteiger partial charge on any atom is -0.352 e. The van der Waals surface area contributed by atoms with E-state index in [2.05, 4.69) is 5.32 Å². The van der Waals surface area contributed by atoms with Gasteiger partial charge in [0.2, 0.25) is 21.8 Å². The molecule has 0 aliphatic carbocycles. The third-order valence-corrected chi connectivity index (χ3v) is 6.23. The van der Waals surface area contributed by atoms with Gasteiger partial charge < -0.3 is 10.2 Å². The number of hydrogen-bond donors (Lipinski definition) is 1. The number of carbonyl (C=O) groups is 2. The molecule has 1 unspecified atom stereocenters. The van der Waals surface area contributed by atoms with Crippen LogP contribution in [0.3, 0.4) is 0 Å². The summed E-state index contributed by atoms with van der Waals surface area (Å²) in [5.41, 5.74) is 1.30. The number of amides is 2. The van der Waals surface area contributed by atoms with Crippen LogP contribution in [0.25, 0.3) is 0 Å². The number of nitrogens with one attached hydrogen (secondary N) is 1. The highest BCUT2D eigenvalue weighted by Crippen LogP contribution is 2.22. The molecule has 0 radical (unpaired) electrons. The summed E-state index contributed by atoms with van der Waals surface area (Å²) in [4.78, 5) is 27.4. The highest BCUT2D eigenvalue weighted by molar-refractivity contribution is 7.92. The Kier molecular flexibility index (Phi) is 9.09. The molecule has 0 spiro atoms. The van der Waals surface area contributed by atoms with E-state index in [9.17, 15) is 18.0 Å². The van der Waals surface area contributed by atoms with Gasteiger partial charge in [0.25, 0.3) is 0 Å². The van der Waals surface area contributed by atoms with E-state index in [1.54, 1.807) is 25.1 Å². The van der Waals surface area contributed by atoms with Crippen molar-refractivity contribution in [2.45, 2.75) is 39.3 Å². The molecule has 0 aliphatic rings. The quantitative estimate of drug-likeness (QED) is 0.567. The highest BCUT2D eigenvalue weighted by atomic mass is 35.5. The lowest BCUT2D eigenvalue weighted by molar-refractivity contribution is -0.139. The van der Waals surface area contributed by atoms with E-state index >= 15 is 0 Å². The fourth-order valence-electron chi connectivity index (χ4n) is 3.22. The molecule has 174 valence electrons. The topological polar surface area (TPSA) is 86.8 Å². The Morgan fingerprint density at radius 2 is 1.69 bits per heavy atom. The number of rotatable bonds is 10. The van der Waals surface area contributed by atoms with E-state index < -0.39 is 28.5 Å². The fourth-order valence-corrected chi connectivity index (χ4v) is 4.25. The molecule has 0 aliphatic heterocycles. The van der Waals surface area contributed by atoms with Gasteiger partial charge in [0.05, 0.1) is 11.9 Å². The Hall–Kier alpha value is -2.58. The first-order valence-corrected chi connectivity index (χ1v) is 12.6. The van der Waals surface area contributed by atoms with E-state index in [0.29, 0.717) is 11.4 Å². The van der Waals surface area contributed by atoms with Gasteiger partial charge in [-0.25, -0.2) is 8.42 Å². The molecule has 2 aromatic rings. The van der Waals surface area contributed by atoms with Crippen LogP contribution in [0.4, 0.5) is 5.69 Å². The predicted octanol–water partition coefficient (Wildman–Crippen LogP) is 3.09. The van der Waals surface area contributed by atoms with Crippen LogP contribution in [0.5, 0.6) is 0 Å². The number of anilines is 1. The Morgan fingerprint density at radius 1 is 1.03 bits per heavy atom. The normalized spacial score (nSPS) is 12.3. The lowest BCUT2D eigenvalue weighted by atomic mass is 10.1. The van der Waals surface area contributed by atoms with Crippen LogP contribution in [0.1, 0.15) is 26.3 Å². The van der Waals surface area contributed by atoms with Crippen molar-refractivity contribution in [2.24, 2.45) is 0 Å². The van der Waals surface area contributed by atoms with Gasteiger partial charge in [0.15, 0.2) is 0 Å². The summed E-state index contributed by atoms with van der Waals surface area (Å²) in [6, 6.07) is 15.0. The average molecular weight is 480 g/mol. The van der Waals surface area contributed by atoms with Gasteiger partial charge in [-0.1, -0.05) is 48.0 Å². The molecule has 1 N–H and O–H groups in total. The minimum atomic E-state index is -3.77. The standard InChI is InChI=1S/C23H30ClN3O4S/c1-17(2)25-23(29)18(3)26(14-13-19-9-6-5-7-10-19)22(28)16-27(32(4,30)31)21-12-8-11-20(24)15-21/h5-12,15,17-18H,13-14,16H2,1-4H3,(H,25,29). The van der Waals surface area contributed by atoms with Gasteiger partial charge in [0, 0.05) is 17.6 Å². The summed E-state index contributed by atoms with van der Waals surface area (Å²) in [5.74, 6) is -0.771. The van der Waals surface area contributed by atoms with Crippen LogP contribution >= 0.6 is 11.6 Å². The third-order valence-electron chi connectivity index (χ3n) is 4.86. The summed E-state index contributed by atoms with van der Waals surface area (Å²) < 4.78 is 25.9. The van der Waals surface area contributed by atoms with E-state index in [4.69, 9.17) is 11.6 Å². The first-order valence-electron chi connectivity index (χ1n) is 10.4. The van der Waals surface area contributed by atoms with E-state index in [1.165, 1.54) is 11.0 Å². The van der Waals surface area contributed by atoms with E-state index in [-0.39, 0.29) is 24.2 Å². The highest BCUT2D eigenvalue weighted by Gasteiger charge is 2.30. The van der Waals surface area contributed by atoms with Crippen LogP contribution in [0, 0.1) is 0 Å². The Bertz CT molecular complexity index is 1030. The van der Waals surface area contributed by atoms with Crippen molar-refractivity contribution in [1.82, 2.24) is 10.2 Å². The lowest BCUT2D eigenvalue weighted by Gasteiger charge is -2.31. The number of hydrogen-bond acceptors (Lipinski definition) is 4. The first-order chi connectivity index (χ1) is 15.0. The summed E-state index contributed by atoms with van der Waals surface area (Å²) in [7, 11) is -3.77. The van der Waals surface area contributed by atoms with Crippen molar-refractivity contribution < 1.29 is 18.0 Å². The van der Waals surface area contributed by atoms with Gasteiger partial charge in [0.1, 0.15) is 12.6 Å². The smallest absolute Gasteiger partial charge is 0.244 e. The molecule has 0 saturated carbocycles. The van der Waals surface area contributed by atoms with Crippen LogP contribution in [-0.2, 0) is 26.0 Å². The summed E-state index contributed by atoms with van der Waals surface area (Å²) in [6.07, 6.45) is 1.56. The maximum atomic E-state index is 13.3. The molecule has 0 heterocycles. The maximum absolute atomic E-state index is 13.3. The number of sulfonamides is 1. The molecule has 2 rings (SSSR count). The summed E-state index contributed by atoms with van der Waals surface area (Å²) >= 11 is 6.03. The minimum absolute atomic E-state index is 0.0880. The second kappa shape index (κ2) is 11.3. The lowest BCUT2D eigenvalue weighted by Crippen LogP contribution is -2.53. The monoisotopic (exact) mass is 479 g/mol. The van der Waals surface area contributed by atoms with Crippen molar-refractivity contribution in [3.8, 4) is 0 Å². The molecule has 2 amide bonds. The van der Waals surface area contributed by atoms with Crippen LogP contribution in [-0.4, -0.2) is 56.6 Å². The van der Waals surface area contributed by atoms with E-state index in [1.807, 2.05) is 44.2 Å². The molecular formula is C23H30ClN3O4S. The largest absolute Gasteiger partial charge is 0.352 e. The van der Waals surface area contributed by atoms with Crippen molar-refractivity contribution in [3.05, 3.63) is 65.2 Å².